The first kappa shape index (κ1) is 16.8. The van der Waals surface area contributed by atoms with Gasteiger partial charge < -0.3 is 4.90 Å². The maximum atomic E-state index is 12.2. The zero-order valence-electron chi connectivity index (χ0n) is 15.3. The molecule has 0 fully saturated rings. The summed E-state index contributed by atoms with van der Waals surface area (Å²) in [5.74, 6) is 0.142. The molecule has 0 saturated heterocycles. The van der Waals surface area contributed by atoms with Crippen LogP contribution in [0.4, 0.5) is 0 Å². The number of amides is 1. The quantitative estimate of drug-likeness (QED) is 0.728. The van der Waals surface area contributed by atoms with Gasteiger partial charge in [0.15, 0.2) is 0 Å². The van der Waals surface area contributed by atoms with Gasteiger partial charge in [-0.05, 0) is 22.4 Å². The molecule has 0 bridgehead atoms. The van der Waals surface area contributed by atoms with E-state index in [0.29, 0.717) is 6.42 Å². The van der Waals surface area contributed by atoms with E-state index in [0.717, 1.165) is 19.6 Å². The largest absolute Gasteiger partial charge is 0.349 e. The van der Waals surface area contributed by atoms with E-state index in [2.05, 4.69) is 58.5 Å². The number of benzene rings is 2. The zero-order chi connectivity index (χ0) is 18.1. The van der Waals surface area contributed by atoms with E-state index >= 15 is 0 Å². The predicted octanol–water partition coefficient (Wildman–Crippen LogP) is 3.07. The van der Waals surface area contributed by atoms with Crippen molar-refractivity contribution < 1.29 is 4.79 Å². The molecule has 1 aromatic heterocycles. The Balaban J connectivity index is 1.59. The van der Waals surface area contributed by atoms with Crippen LogP contribution in [-0.4, -0.2) is 46.1 Å². The van der Waals surface area contributed by atoms with Gasteiger partial charge in [-0.25, -0.2) is 0 Å². The lowest BCUT2D eigenvalue weighted by Gasteiger charge is -2.34. The molecule has 1 amide bonds. The summed E-state index contributed by atoms with van der Waals surface area (Å²) in [6.45, 7) is 2.56. The molecule has 0 spiro atoms. The maximum Gasteiger partial charge on any atom is 0.224 e. The number of nitrogens with zero attached hydrogens (tertiary/aromatic N) is 4. The van der Waals surface area contributed by atoms with Crippen molar-refractivity contribution in [3.63, 3.8) is 0 Å². The van der Waals surface area contributed by atoms with Gasteiger partial charge >= 0.3 is 0 Å². The highest BCUT2D eigenvalue weighted by Gasteiger charge is 2.28. The summed E-state index contributed by atoms with van der Waals surface area (Å²) in [5.41, 5.74) is 2.50. The molecule has 2 heterocycles. The molecule has 0 N–H and O–H groups in total. The van der Waals surface area contributed by atoms with Crippen molar-refractivity contribution in [2.75, 3.05) is 20.6 Å². The standard InChI is InChI=1S/C21H24N4O/c1-23(2)21(26)12-19-15-24(14-18-10-11-22-25(18)19)13-17-8-5-7-16-6-3-4-9-20(16)17/h3-11,19H,12-15H2,1-2H3/t19-/m1/s1. The van der Waals surface area contributed by atoms with Crippen molar-refractivity contribution in [3.8, 4) is 0 Å². The third-order valence-corrected chi connectivity index (χ3v) is 5.14. The lowest BCUT2D eigenvalue weighted by atomic mass is 10.0. The molecule has 5 heteroatoms. The Kier molecular flexibility index (Phi) is 4.47. The molecule has 3 aromatic rings. The highest BCUT2D eigenvalue weighted by atomic mass is 16.2. The number of rotatable bonds is 4. The molecule has 4 rings (SSSR count). The molecule has 1 aliphatic heterocycles. The van der Waals surface area contributed by atoms with Crippen molar-refractivity contribution in [2.45, 2.75) is 25.6 Å². The fourth-order valence-corrected chi connectivity index (χ4v) is 3.79. The first-order valence-electron chi connectivity index (χ1n) is 9.03. The van der Waals surface area contributed by atoms with Crippen LogP contribution in [0.25, 0.3) is 10.8 Å². The highest BCUT2D eigenvalue weighted by Crippen LogP contribution is 2.27. The second-order valence-electron chi connectivity index (χ2n) is 7.22. The molecule has 0 saturated carbocycles. The van der Waals surface area contributed by atoms with Gasteiger partial charge in [0, 0.05) is 39.9 Å². The monoisotopic (exact) mass is 348 g/mol. The first-order valence-corrected chi connectivity index (χ1v) is 9.03. The van der Waals surface area contributed by atoms with Crippen LogP contribution in [0.3, 0.4) is 0 Å². The average Bonchev–Trinajstić information content (AvgIpc) is 3.11. The van der Waals surface area contributed by atoms with Gasteiger partial charge in [-0.1, -0.05) is 42.5 Å². The van der Waals surface area contributed by atoms with Crippen LogP contribution in [-0.2, 0) is 17.9 Å². The normalized spacial score (nSPS) is 17.2. The predicted molar refractivity (Wildman–Crippen MR) is 103 cm³/mol. The fraction of sp³-hybridized carbons (Fsp3) is 0.333. The SMILES string of the molecule is CN(C)C(=O)C[C@@H]1CN(Cc2cccc3ccccc23)Cc2ccnn21. The molecule has 0 radical (unpaired) electrons. The summed E-state index contributed by atoms with van der Waals surface area (Å²) >= 11 is 0. The average molecular weight is 348 g/mol. The van der Waals surface area contributed by atoms with Crippen molar-refractivity contribution in [2.24, 2.45) is 0 Å². The van der Waals surface area contributed by atoms with Gasteiger partial charge in [-0.3, -0.25) is 14.4 Å². The minimum atomic E-state index is 0.0821. The van der Waals surface area contributed by atoms with Gasteiger partial charge in [0.25, 0.3) is 0 Å². The molecule has 26 heavy (non-hydrogen) atoms. The van der Waals surface area contributed by atoms with Gasteiger partial charge in [-0.15, -0.1) is 0 Å². The third-order valence-electron chi connectivity index (χ3n) is 5.14. The number of fused-ring (bicyclic) bond motifs is 2. The summed E-state index contributed by atoms with van der Waals surface area (Å²) in [6.07, 6.45) is 2.32. The molecule has 1 atom stereocenters. The smallest absolute Gasteiger partial charge is 0.224 e. The molecule has 134 valence electrons. The molecule has 0 unspecified atom stereocenters. The maximum absolute atomic E-state index is 12.2. The van der Waals surface area contributed by atoms with Crippen molar-refractivity contribution >= 4 is 16.7 Å². The molecule has 2 aromatic carbocycles. The minimum absolute atomic E-state index is 0.0821. The van der Waals surface area contributed by atoms with E-state index in [9.17, 15) is 4.79 Å². The lowest BCUT2D eigenvalue weighted by Crippen LogP contribution is -2.39. The second-order valence-corrected chi connectivity index (χ2v) is 7.22. The minimum Gasteiger partial charge on any atom is -0.349 e. The topological polar surface area (TPSA) is 41.4 Å². The molecule has 1 aliphatic rings. The van der Waals surface area contributed by atoms with Crippen molar-refractivity contribution in [3.05, 3.63) is 66.0 Å². The van der Waals surface area contributed by atoms with Crippen LogP contribution < -0.4 is 0 Å². The Labute approximate surface area is 153 Å². The number of hydrogen-bond donors (Lipinski definition) is 0. The number of carbonyl (C=O) groups excluding carboxylic acids is 1. The van der Waals surface area contributed by atoms with Crippen LogP contribution in [0.5, 0.6) is 0 Å². The lowest BCUT2D eigenvalue weighted by molar-refractivity contribution is -0.129. The molecular formula is C21H24N4O. The van der Waals surface area contributed by atoms with Crippen molar-refractivity contribution in [1.29, 1.82) is 0 Å². The summed E-state index contributed by atoms with van der Waals surface area (Å²) in [4.78, 5) is 16.3. The fourth-order valence-electron chi connectivity index (χ4n) is 3.79. The van der Waals surface area contributed by atoms with E-state index in [1.54, 1.807) is 4.90 Å². The van der Waals surface area contributed by atoms with Crippen LogP contribution in [0.15, 0.2) is 54.7 Å². The zero-order valence-corrected chi connectivity index (χ0v) is 15.3. The number of aromatic nitrogens is 2. The van der Waals surface area contributed by atoms with E-state index in [-0.39, 0.29) is 11.9 Å². The number of carbonyl (C=O) groups is 1. The van der Waals surface area contributed by atoms with E-state index < -0.39 is 0 Å². The summed E-state index contributed by atoms with van der Waals surface area (Å²) < 4.78 is 2.03. The van der Waals surface area contributed by atoms with Gasteiger partial charge in [0.2, 0.25) is 5.91 Å². The summed E-state index contributed by atoms with van der Waals surface area (Å²) in [5, 5.41) is 7.03. The molecule has 5 nitrogen and oxygen atoms in total. The second kappa shape index (κ2) is 6.92. The van der Waals surface area contributed by atoms with Crippen LogP contribution in [0, 0.1) is 0 Å². The first-order chi connectivity index (χ1) is 12.6. The van der Waals surface area contributed by atoms with Crippen molar-refractivity contribution in [1.82, 2.24) is 19.6 Å². The molecular weight excluding hydrogens is 324 g/mol. The van der Waals surface area contributed by atoms with Gasteiger partial charge in [0.1, 0.15) is 0 Å². The van der Waals surface area contributed by atoms with E-state index in [1.165, 1.54) is 22.0 Å². The number of hydrogen-bond acceptors (Lipinski definition) is 3. The van der Waals surface area contributed by atoms with Crippen LogP contribution in [0.2, 0.25) is 0 Å². The Morgan fingerprint density at radius 2 is 1.96 bits per heavy atom. The van der Waals surface area contributed by atoms with Crippen LogP contribution in [0.1, 0.15) is 23.7 Å². The third kappa shape index (κ3) is 3.22. The Morgan fingerprint density at radius 3 is 2.81 bits per heavy atom. The van der Waals surface area contributed by atoms with Gasteiger partial charge in [-0.2, -0.15) is 5.10 Å². The van der Waals surface area contributed by atoms with E-state index in [1.807, 2.05) is 25.0 Å². The highest BCUT2D eigenvalue weighted by molar-refractivity contribution is 5.85. The summed E-state index contributed by atoms with van der Waals surface area (Å²) in [7, 11) is 3.62. The van der Waals surface area contributed by atoms with Gasteiger partial charge in [0.05, 0.1) is 18.2 Å². The summed E-state index contributed by atoms with van der Waals surface area (Å²) in [6, 6.07) is 17.1. The Hall–Kier alpha value is -2.66. The Bertz CT molecular complexity index is 925. The van der Waals surface area contributed by atoms with Crippen LogP contribution >= 0.6 is 0 Å². The molecule has 0 aliphatic carbocycles. The Morgan fingerprint density at radius 1 is 1.15 bits per heavy atom. The van der Waals surface area contributed by atoms with E-state index in [4.69, 9.17) is 0 Å².